The van der Waals surface area contributed by atoms with Crippen molar-refractivity contribution >= 4 is 5.91 Å². The van der Waals surface area contributed by atoms with Gasteiger partial charge in [-0.3, -0.25) is 9.69 Å². The lowest BCUT2D eigenvalue weighted by Gasteiger charge is -2.35. The average molecular weight is 255 g/mol. The van der Waals surface area contributed by atoms with Gasteiger partial charge in [0.05, 0.1) is 12.1 Å². The molecule has 0 aromatic rings. The second-order valence-electron chi connectivity index (χ2n) is 5.40. The normalized spacial score (nSPS) is 28.2. The Morgan fingerprint density at radius 2 is 2.11 bits per heavy atom. The molecule has 0 radical (unpaired) electrons. The first-order valence-electron chi connectivity index (χ1n) is 6.98. The van der Waals surface area contributed by atoms with Gasteiger partial charge >= 0.3 is 0 Å². The van der Waals surface area contributed by atoms with Crippen molar-refractivity contribution in [2.75, 3.05) is 46.4 Å². The molecule has 2 heterocycles. The fourth-order valence-electron chi connectivity index (χ4n) is 2.54. The quantitative estimate of drug-likeness (QED) is 0.763. The summed E-state index contributed by atoms with van der Waals surface area (Å²) in [6.07, 6.45) is 2.42. The fourth-order valence-corrected chi connectivity index (χ4v) is 2.54. The van der Waals surface area contributed by atoms with Crippen LogP contribution in [-0.2, 0) is 9.53 Å². The predicted octanol–water partition coefficient (Wildman–Crippen LogP) is -0.0825. The third-order valence-electron chi connectivity index (χ3n) is 3.99. The smallest absolute Gasteiger partial charge is 0.237 e. The topological polar surface area (TPSA) is 44.8 Å². The number of hydrogen-bond acceptors (Lipinski definition) is 4. The van der Waals surface area contributed by atoms with Crippen LogP contribution in [0.3, 0.4) is 0 Å². The van der Waals surface area contributed by atoms with Gasteiger partial charge in [0.15, 0.2) is 0 Å². The van der Waals surface area contributed by atoms with Gasteiger partial charge in [-0.15, -0.1) is 0 Å². The summed E-state index contributed by atoms with van der Waals surface area (Å²) >= 11 is 0. The Morgan fingerprint density at radius 1 is 1.39 bits per heavy atom. The highest BCUT2D eigenvalue weighted by Crippen LogP contribution is 2.11. The monoisotopic (exact) mass is 255 g/mol. The van der Waals surface area contributed by atoms with E-state index in [9.17, 15) is 4.79 Å². The van der Waals surface area contributed by atoms with Crippen molar-refractivity contribution < 1.29 is 9.53 Å². The zero-order valence-corrected chi connectivity index (χ0v) is 11.5. The van der Waals surface area contributed by atoms with Crippen LogP contribution in [0.25, 0.3) is 0 Å². The third-order valence-corrected chi connectivity index (χ3v) is 3.99. The van der Waals surface area contributed by atoms with Gasteiger partial charge in [0, 0.05) is 39.3 Å². The largest absolute Gasteiger partial charge is 0.376 e. The number of piperazine rings is 1. The Balaban J connectivity index is 1.70. The summed E-state index contributed by atoms with van der Waals surface area (Å²) in [6.45, 7) is 7.55. The van der Waals surface area contributed by atoms with E-state index in [1.807, 2.05) is 6.92 Å². The van der Waals surface area contributed by atoms with Crippen molar-refractivity contribution in [1.29, 1.82) is 0 Å². The van der Waals surface area contributed by atoms with E-state index >= 15 is 0 Å². The zero-order valence-electron chi connectivity index (χ0n) is 11.5. The number of carbonyl (C=O) groups is 1. The molecule has 0 aromatic heterocycles. The van der Waals surface area contributed by atoms with Crippen molar-refractivity contribution in [3.8, 4) is 0 Å². The highest BCUT2D eigenvalue weighted by Gasteiger charge is 2.25. The molecule has 2 saturated heterocycles. The van der Waals surface area contributed by atoms with E-state index < -0.39 is 0 Å². The first-order valence-corrected chi connectivity index (χ1v) is 6.98. The maximum absolute atomic E-state index is 12.1. The molecule has 2 fully saturated rings. The van der Waals surface area contributed by atoms with Gasteiger partial charge in [0.2, 0.25) is 5.91 Å². The number of likely N-dealkylation sites (N-methyl/N-ethyl adjacent to an activating group) is 1. The average Bonchev–Trinajstić information content (AvgIpc) is 2.89. The first-order chi connectivity index (χ1) is 8.66. The Kier molecular flexibility index (Phi) is 4.97. The van der Waals surface area contributed by atoms with E-state index in [4.69, 9.17) is 4.74 Å². The Morgan fingerprint density at radius 3 is 2.72 bits per heavy atom. The molecule has 0 aromatic carbocycles. The highest BCUT2D eigenvalue weighted by atomic mass is 16.5. The van der Waals surface area contributed by atoms with Crippen LogP contribution in [0.2, 0.25) is 0 Å². The number of hydrogen-bond donors (Lipinski definition) is 1. The summed E-state index contributed by atoms with van der Waals surface area (Å²) in [7, 11) is 2.12. The SMILES string of the molecule is C[C@H](C(=O)NC[C@H]1CCCO1)N1CCN(C)CC1. The lowest BCUT2D eigenvalue weighted by atomic mass is 10.2. The molecular weight excluding hydrogens is 230 g/mol. The molecule has 0 bridgehead atoms. The first kappa shape index (κ1) is 13.8. The summed E-state index contributed by atoms with van der Waals surface area (Å²) in [4.78, 5) is 16.6. The lowest BCUT2D eigenvalue weighted by molar-refractivity contribution is -0.127. The third kappa shape index (κ3) is 3.67. The molecule has 18 heavy (non-hydrogen) atoms. The second kappa shape index (κ2) is 6.50. The Hall–Kier alpha value is -0.650. The van der Waals surface area contributed by atoms with E-state index in [1.54, 1.807) is 0 Å². The van der Waals surface area contributed by atoms with E-state index in [1.165, 1.54) is 0 Å². The van der Waals surface area contributed by atoms with Crippen LogP contribution < -0.4 is 5.32 Å². The van der Waals surface area contributed by atoms with Gasteiger partial charge in [-0.2, -0.15) is 0 Å². The molecule has 5 heteroatoms. The Bertz CT molecular complexity index is 271. The molecule has 0 aliphatic carbocycles. The second-order valence-corrected chi connectivity index (χ2v) is 5.40. The van der Waals surface area contributed by atoms with Gasteiger partial charge < -0.3 is 15.0 Å². The summed E-state index contributed by atoms with van der Waals surface area (Å²) in [5.74, 6) is 0.134. The Labute approximate surface area is 109 Å². The number of ether oxygens (including phenoxy) is 1. The van der Waals surface area contributed by atoms with E-state index in [0.717, 1.165) is 45.6 Å². The van der Waals surface area contributed by atoms with Crippen LogP contribution in [0.5, 0.6) is 0 Å². The van der Waals surface area contributed by atoms with Crippen molar-refractivity contribution in [2.45, 2.75) is 31.9 Å². The molecule has 2 aliphatic heterocycles. The molecule has 1 amide bonds. The van der Waals surface area contributed by atoms with Gasteiger partial charge in [-0.05, 0) is 26.8 Å². The summed E-state index contributed by atoms with van der Waals surface area (Å²) in [6, 6.07) is -0.0277. The number of nitrogens with one attached hydrogen (secondary N) is 1. The minimum Gasteiger partial charge on any atom is -0.376 e. The molecule has 2 rings (SSSR count). The fraction of sp³-hybridized carbons (Fsp3) is 0.923. The van der Waals surface area contributed by atoms with Gasteiger partial charge in [-0.1, -0.05) is 0 Å². The van der Waals surface area contributed by atoms with Crippen LogP contribution in [0.4, 0.5) is 0 Å². The van der Waals surface area contributed by atoms with Crippen molar-refractivity contribution in [1.82, 2.24) is 15.1 Å². The van der Waals surface area contributed by atoms with Crippen LogP contribution in [0, 0.1) is 0 Å². The van der Waals surface area contributed by atoms with E-state index in [0.29, 0.717) is 6.54 Å². The molecular formula is C13H25N3O2. The van der Waals surface area contributed by atoms with Crippen molar-refractivity contribution in [3.63, 3.8) is 0 Å². The molecule has 2 aliphatic rings. The predicted molar refractivity (Wildman–Crippen MR) is 70.5 cm³/mol. The highest BCUT2D eigenvalue weighted by molar-refractivity contribution is 5.81. The van der Waals surface area contributed by atoms with E-state index in [2.05, 4.69) is 22.2 Å². The molecule has 1 N–H and O–H groups in total. The number of carbonyl (C=O) groups excluding carboxylic acids is 1. The van der Waals surface area contributed by atoms with Crippen LogP contribution in [-0.4, -0.2) is 74.2 Å². The summed E-state index contributed by atoms with van der Waals surface area (Å²) in [5.41, 5.74) is 0. The van der Waals surface area contributed by atoms with E-state index in [-0.39, 0.29) is 18.1 Å². The van der Waals surface area contributed by atoms with Crippen LogP contribution in [0.15, 0.2) is 0 Å². The lowest BCUT2D eigenvalue weighted by Crippen LogP contribution is -2.53. The van der Waals surface area contributed by atoms with Crippen LogP contribution in [0.1, 0.15) is 19.8 Å². The standard InChI is InChI=1S/C13H25N3O2/c1-11(16-7-5-15(2)6-8-16)13(17)14-10-12-4-3-9-18-12/h11-12H,3-10H2,1-2H3,(H,14,17)/t11-,12-/m1/s1. The van der Waals surface area contributed by atoms with Crippen molar-refractivity contribution in [2.24, 2.45) is 0 Å². The minimum absolute atomic E-state index is 0.0277. The molecule has 104 valence electrons. The zero-order chi connectivity index (χ0) is 13.0. The van der Waals surface area contributed by atoms with Gasteiger partial charge in [0.25, 0.3) is 0 Å². The summed E-state index contributed by atoms with van der Waals surface area (Å²) in [5, 5.41) is 3.01. The molecule has 5 nitrogen and oxygen atoms in total. The number of rotatable bonds is 4. The van der Waals surface area contributed by atoms with Crippen molar-refractivity contribution in [3.05, 3.63) is 0 Å². The molecule has 0 saturated carbocycles. The van der Waals surface area contributed by atoms with Gasteiger partial charge in [-0.25, -0.2) is 0 Å². The number of nitrogens with zero attached hydrogens (tertiary/aromatic N) is 2. The maximum Gasteiger partial charge on any atom is 0.237 e. The maximum atomic E-state index is 12.1. The van der Waals surface area contributed by atoms with Gasteiger partial charge in [0.1, 0.15) is 0 Å². The molecule has 0 unspecified atom stereocenters. The molecule has 0 spiro atoms. The minimum atomic E-state index is -0.0277. The number of amides is 1. The molecule has 2 atom stereocenters. The van der Waals surface area contributed by atoms with Crippen LogP contribution >= 0.6 is 0 Å². The summed E-state index contributed by atoms with van der Waals surface area (Å²) < 4.78 is 5.51.